The first-order valence-corrected chi connectivity index (χ1v) is 6.88. The Labute approximate surface area is 117 Å². The SMILES string of the molecule is CCOC(=O)N1CCN(c2cccc3[nH]cnc23)CC1. The van der Waals surface area contributed by atoms with Crippen LogP contribution in [0.25, 0.3) is 11.0 Å². The van der Waals surface area contributed by atoms with Crippen LogP contribution >= 0.6 is 0 Å². The molecule has 0 bridgehead atoms. The number of nitrogens with one attached hydrogen (secondary N) is 1. The van der Waals surface area contributed by atoms with Crippen LogP contribution in [0, 0.1) is 0 Å². The quantitative estimate of drug-likeness (QED) is 0.907. The molecule has 1 saturated heterocycles. The van der Waals surface area contributed by atoms with E-state index in [9.17, 15) is 4.79 Å². The van der Waals surface area contributed by atoms with Crippen LogP contribution in [-0.2, 0) is 4.74 Å². The molecule has 0 aliphatic carbocycles. The van der Waals surface area contributed by atoms with Crippen LogP contribution in [0.2, 0.25) is 0 Å². The number of piperazine rings is 1. The van der Waals surface area contributed by atoms with Crippen LogP contribution < -0.4 is 4.90 Å². The summed E-state index contributed by atoms with van der Waals surface area (Å²) in [5.41, 5.74) is 3.14. The van der Waals surface area contributed by atoms with Crippen molar-refractivity contribution in [3.63, 3.8) is 0 Å². The number of nitrogens with zero attached hydrogens (tertiary/aromatic N) is 3. The third-order valence-electron chi connectivity index (χ3n) is 3.57. The lowest BCUT2D eigenvalue weighted by Crippen LogP contribution is -2.49. The lowest BCUT2D eigenvalue weighted by atomic mass is 10.2. The number of H-pyrrole nitrogens is 1. The van der Waals surface area contributed by atoms with Crippen LogP contribution in [0.5, 0.6) is 0 Å². The molecule has 1 aromatic heterocycles. The largest absolute Gasteiger partial charge is 0.450 e. The van der Waals surface area contributed by atoms with Crippen molar-refractivity contribution >= 4 is 22.8 Å². The Bertz CT molecular complexity index is 602. The van der Waals surface area contributed by atoms with E-state index in [-0.39, 0.29) is 6.09 Å². The highest BCUT2D eigenvalue weighted by Gasteiger charge is 2.23. The molecule has 1 aliphatic rings. The number of fused-ring (bicyclic) bond motifs is 1. The second-order valence-corrected chi connectivity index (χ2v) is 4.75. The monoisotopic (exact) mass is 274 g/mol. The predicted molar refractivity (Wildman–Crippen MR) is 76.9 cm³/mol. The van der Waals surface area contributed by atoms with Gasteiger partial charge in [0.15, 0.2) is 0 Å². The summed E-state index contributed by atoms with van der Waals surface area (Å²) in [4.78, 5) is 23.2. The number of para-hydroxylation sites is 1. The van der Waals surface area contributed by atoms with E-state index in [4.69, 9.17) is 4.74 Å². The highest BCUT2D eigenvalue weighted by Crippen LogP contribution is 2.25. The van der Waals surface area contributed by atoms with E-state index in [1.165, 1.54) is 0 Å². The first-order chi connectivity index (χ1) is 9.79. The summed E-state index contributed by atoms with van der Waals surface area (Å²) in [6.45, 7) is 5.20. The van der Waals surface area contributed by atoms with Gasteiger partial charge in [0, 0.05) is 26.2 Å². The average molecular weight is 274 g/mol. The topological polar surface area (TPSA) is 61.5 Å². The second-order valence-electron chi connectivity index (χ2n) is 4.75. The lowest BCUT2D eigenvalue weighted by molar-refractivity contribution is 0.105. The van der Waals surface area contributed by atoms with Gasteiger partial charge in [0.2, 0.25) is 0 Å². The number of imidazole rings is 1. The number of benzene rings is 1. The molecule has 6 heteroatoms. The van der Waals surface area contributed by atoms with Crippen LogP contribution in [-0.4, -0.2) is 53.7 Å². The Morgan fingerprint density at radius 3 is 2.90 bits per heavy atom. The summed E-state index contributed by atoms with van der Waals surface area (Å²) in [7, 11) is 0. The van der Waals surface area contributed by atoms with Crippen molar-refractivity contribution in [1.29, 1.82) is 0 Å². The molecule has 0 spiro atoms. The molecule has 1 aromatic carbocycles. The highest BCUT2D eigenvalue weighted by atomic mass is 16.6. The summed E-state index contributed by atoms with van der Waals surface area (Å²) in [6.07, 6.45) is 1.49. The molecule has 2 aromatic rings. The smallest absolute Gasteiger partial charge is 0.409 e. The molecule has 0 saturated carbocycles. The van der Waals surface area contributed by atoms with E-state index in [1.807, 2.05) is 19.1 Å². The Morgan fingerprint density at radius 1 is 1.35 bits per heavy atom. The number of amides is 1. The number of anilines is 1. The lowest BCUT2D eigenvalue weighted by Gasteiger charge is -2.35. The Hall–Kier alpha value is -2.24. The van der Waals surface area contributed by atoms with Crippen molar-refractivity contribution in [1.82, 2.24) is 14.9 Å². The number of ether oxygens (including phenoxy) is 1. The number of carbonyl (C=O) groups is 1. The number of hydrogen-bond donors (Lipinski definition) is 1. The maximum atomic E-state index is 11.7. The molecule has 106 valence electrons. The van der Waals surface area contributed by atoms with Gasteiger partial charge in [0.1, 0.15) is 5.52 Å². The van der Waals surface area contributed by atoms with Crippen molar-refractivity contribution in [2.75, 3.05) is 37.7 Å². The fourth-order valence-electron chi connectivity index (χ4n) is 2.55. The molecular formula is C14H18N4O2. The predicted octanol–water partition coefficient (Wildman–Crippen LogP) is 1.84. The molecular weight excluding hydrogens is 256 g/mol. The number of carbonyl (C=O) groups excluding carboxylic acids is 1. The summed E-state index contributed by atoms with van der Waals surface area (Å²) in [5, 5.41) is 0. The minimum Gasteiger partial charge on any atom is -0.450 e. The van der Waals surface area contributed by atoms with E-state index >= 15 is 0 Å². The standard InChI is InChI=1S/C14H18N4O2/c1-2-20-14(19)18-8-6-17(7-9-18)12-5-3-4-11-13(12)16-10-15-11/h3-5,10H,2,6-9H2,1H3,(H,15,16). The van der Waals surface area contributed by atoms with Gasteiger partial charge in [-0.05, 0) is 19.1 Å². The van der Waals surface area contributed by atoms with E-state index in [2.05, 4.69) is 20.9 Å². The normalized spacial score (nSPS) is 15.7. The molecule has 0 unspecified atom stereocenters. The van der Waals surface area contributed by atoms with Crippen molar-refractivity contribution in [3.8, 4) is 0 Å². The molecule has 0 atom stereocenters. The maximum absolute atomic E-state index is 11.7. The summed E-state index contributed by atoms with van der Waals surface area (Å²) in [6, 6.07) is 6.11. The van der Waals surface area contributed by atoms with Crippen molar-refractivity contribution in [2.45, 2.75) is 6.92 Å². The number of aromatic amines is 1. The van der Waals surface area contributed by atoms with Gasteiger partial charge in [-0.1, -0.05) is 6.07 Å². The first-order valence-electron chi connectivity index (χ1n) is 6.88. The molecule has 0 radical (unpaired) electrons. The molecule has 2 heterocycles. The molecule has 1 fully saturated rings. The fourth-order valence-corrected chi connectivity index (χ4v) is 2.55. The van der Waals surface area contributed by atoms with Crippen molar-refractivity contribution in [3.05, 3.63) is 24.5 Å². The molecule has 1 amide bonds. The molecule has 1 aliphatic heterocycles. The highest BCUT2D eigenvalue weighted by molar-refractivity contribution is 5.88. The van der Waals surface area contributed by atoms with Crippen molar-refractivity contribution in [2.24, 2.45) is 0 Å². The second kappa shape index (κ2) is 5.40. The van der Waals surface area contributed by atoms with Gasteiger partial charge in [-0.15, -0.1) is 0 Å². The third kappa shape index (κ3) is 2.29. The zero-order valence-electron chi connectivity index (χ0n) is 11.5. The minimum absolute atomic E-state index is 0.217. The van der Waals surface area contributed by atoms with Gasteiger partial charge in [0.25, 0.3) is 0 Å². The summed E-state index contributed by atoms with van der Waals surface area (Å²) in [5.74, 6) is 0. The van der Waals surface area contributed by atoms with Gasteiger partial charge in [0.05, 0.1) is 24.1 Å². The van der Waals surface area contributed by atoms with Gasteiger partial charge in [-0.25, -0.2) is 9.78 Å². The molecule has 6 nitrogen and oxygen atoms in total. The first kappa shape index (κ1) is 12.8. The average Bonchev–Trinajstić information content (AvgIpc) is 2.96. The number of rotatable bonds is 2. The van der Waals surface area contributed by atoms with Gasteiger partial charge in [-0.3, -0.25) is 0 Å². The van der Waals surface area contributed by atoms with E-state index in [0.29, 0.717) is 19.7 Å². The van der Waals surface area contributed by atoms with Crippen LogP contribution in [0.3, 0.4) is 0 Å². The van der Waals surface area contributed by atoms with E-state index in [1.54, 1.807) is 11.2 Å². The van der Waals surface area contributed by atoms with Gasteiger partial charge >= 0.3 is 6.09 Å². The van der Waals surface area contributed by atoms with E-state index in [0.717, 1.165) is 29.8 Å². The Morgan fingerprint density at radius 2 is 2.15 bits per heavy atom. The van der Waals surface area contributed by atoms with Gasteiger partial charge < -0.3 is 19.5 Å². The molecule has 20 heavy (non-hydrogen) atoms. The van der Waals surface area contributed by atoms with Crippen LogP contribution in [0.15, 0.2) is 24.5 Å². The fraction of sp³-hybridized carbons (Fsp3) is 0.429. The van der Waals surface area contributed by atoms with Gasteiger partial charge in [-0.2, -0.15) is 0 Å². The van der Waals surface area contributed by atoms with Crippen LogP contribution in [0.4, 0.5) is 10.5 Å². The third-order valence-corrected chi connectivity index (χ3v) is 3.57. The zero-order valence-corrected chi connectivity index (χ0v) is 11.5. The Balaban J connectivity index is 1.72. The number of hydrogen-bond acceptors (Lipinski definition) is 4. The zero-order chi connectivity index (χ0) is 13.9. The maximum Gasteiger partial charge on any atom is 0.409 e. The number of aromatic nitrogens is 2. The molecule has 1 N–H and O–H groups in total. The Kier molecular flexibility index (Phi) is 3.45. The van der Waals surface area contributed by atoms with Crippen LogP contribution in [0.1, 0.15) is 6.92 Å². The van der Waals surface area contributed by atoms with E-state index < -0.39 is 0 Å². The minimum atomic E-state index is -0.217. The van der Waals surface area contributed by atoms with Crippen molar-refractivity contribution < 1.29 is 9.53 Å². The molecule has 3 rings (SSSR count). The summed E-state index contributed by atoms with van der Waals surface area (Å²) >= 11 is 0. The summed E-state index contributed by atoms with van der Waals surface area (Å²) < 4.78 is 5.03.